The van der Waals surface area contributed by atoms with Gasteiger partial charge in [0, 0.05) is 11.8 Å². The smallest absolute Gasteiger partial charge is 0.142 e. The zero-order valence-corrected chi connectivity index (χ0v) is 12.3. The summed E-state index contributed by atoms with van der Waals surface area (Å²) in [6.07, 6.45) is 8.11. The average molecular weight is 277 g/mol. The summed E-state index contributed by atoms with van der Waals surface area (Å²) in [6.45, 7) is 0. The molecule has 3 rings (SSSR count). The second-order valence-electron chi connectivity index (χ2n) is 5.58. The molecule has 0 bridgehead atoms. The maximum Gasteiger partial charge on any atom is 0.142 e. The molecule has 1 aliphatic carbocycles. The number of ether oxygens (including phenoxy) is 1. The fourth-order valence-corrected chi connectivity index (χ4v) is 4.02. The van der Waals surface area contributed by atoms with Crippen LogP contribution in [0.4, 0.5) is 5.69 Å². The molecule has 2 aliphatic rings. The van der Waals surface area contributed by atoms with Crippen LogP contribution in [0.1, 0.15) is 38.5 Å². The molecule has 2 nitrogen and oxygen atoms in total. The van der Waals surface area contributed by atoms with E-state index in [4.69, 9.17) is 4.74 Å². The van der Waals surface area contributed by atoms with E-state index in [0.717, 1.165) is 5.75 Å². The summed E-state index contributed by atoms with van der Waals surface area (Å²) in [5.41, 5.74) is 1.18. The highest BCUT2D eigenvalue weighted by atomic mass is 32.2. The SMILES string of the molecule is c1ccc(OC2CCCC2)c(N[C@H]2CCCSC2)c1. The van der Waals surface area contributed by atoms with E-state index in [1.165, 1.54) is 55.7 Å². The zero-order chi connectivity index (χ0) is 12.9. The van der Waals surface area contributed by atoms with Gasteiger partial charge in [0.15, 0.2) is 0 Å². The van der Waals surface area contributed by atoms with E-state index in [2.05, 4.69) is 41.3 Å². The Bertz CT molecular complexity index is 397. The molecule has 1 atom stereocenters. The fraction of sp³-hybridized carbons (Fsp3) is 0.625. The average Bonchev–Trinajstić information content (AvgIpc) is 2.95. The summed E-state index contributed by atoms with van der Waals surface area (Å²) in [7, 11) is 0. The van der Waals surface area contributed by atoms with Crippen LogP contribution in [-0.4, -0.2) is 23.7 Å². The van der Waals surface area contributed by atoms with Gasteiger partial charge in [-0.1, -0.05) is 12.1 Å². The topological polar surface area (TPSA) is 21.3 Å². The first-order chi connectivity index (χ1) is 9.42. The Kier molecular flexibility index (Phi) is 4.54. The van der Waals surface area contributed by atoms with Crippen LogP contribution in [0.5, 0.6) is 5.75 Å². The highest BCUT2D eigenvalue weighted by molar-refractivity contribution is 7.99. The van der Waals surface area contributed by atoms with Gasteiger partial charge >= 0.3 is 0 Å². The number of rotatable bonds is 4. The lowest BCUT2D eigenvalue weighted by Gasteiger charge is -2.25. The second kappa shape index (κ2) is 6.56. The quantitative estimate of drug-likeness (QED) is 0.886. The van der Waals surface area contributed by atoms with Gasteiger partial charge in [0.1, 0.15) is 5.75 Å². The van der Waals surface area contributed by atoms with Crippen LogP contribution in [0.3, 0.4) is 0 Å². The molecule has 1 saturated carbocycles. The number of thioether (sulfide) groups is 1. The molecule has 0 aromatic heterocycles. The molecule has 1 heterocycles. The lowest BCUT2D eigenvalue weighted by atomic mass is 10.1. The van der Waals surface area contributed by atoms with E-state index in [0.29, 0.717) is 12.1 Å². The number of para-hydroxylation sites is 2. The Balaban J connectivity index is 1.65. The molecule has 1 aromatic rings. The van der Waals surface area contributed by atoms with Crippen molar-refractivity contribution < 1.29 is 4.74 Å². The van der Waals surface area contributed by atoms with Gasteiger partial charge in [0.05, 0.1) is 11.8 Å². The predicted molar refractivity (Wildman–Crippen MR) is 83.3 cm³/mol. The highest BCUT2D eigenvalue weighted by Gasteiger charge is 2.19. The monoisotopic (exact) mass is 277 g/mol. The number of hydrogen-bond donors (Lipinski definition) is 1. The van der Waals surface area contributed by atoms with Gasteiger partial charge in [-0.05, 0) is 56.4 Å². The van der Waals surface area contributed by atoms with Crippen LogP contribution in [0.15, 0.2) is 24.3 Å². The predicted octanol–water partition coefficient (Wildman–Crippen LogP) is 4.32. The molecule has 2 fully saturated rings. The van der Waals surface area contributed by atoms with Crippen molar-refractivity contribution in [1.82, 2.24) is 0 Å². The second-order valence-corrected chi connectivity index (χ2v) is 6.73. The Morgan fingerprint density at radius 3 is 2.68 bits per heavy atom. The van der Waals surface area contributed by atoms with Crippen molar-refractivity contribution in [3.63, 3.8) is 0 Å². The van der Waals surface area contributed by atoms with Crippen molar-refractivity contribution >= 4 is 17.4 Å². The van der Waals surface area contributed by atoms with E-state index in [-0.39, 0.29) is 0 Å². The minimum Gasteiger partial charge on any atom is -0.488 e. The first-order valence-corrected chi connectivity index (χ1v) is 8.67. The largest absolute Gasteiger partial charge is 0.488 e. The summed E-state index contributed by atoms with van der Waals surface area (Å²) < 4.78 is 6.18. The summed E-state index contributed by atoms with van der Waals surface area (Å²) in [6, 6.07) is 9.04. The first-order valence-electron chi connectivity index (χ1n) is 7.52. The van der Waals surface area contributed by atoms with E-state index in [1.54, 1.807) is 0 Å². The third-order valence-electron chi connectivity index (χ3n) is 4.00. The van der Waals surface area contributed by atoms with Crippen molar-refractivity contribution in [2.45, 2.75) is 50.7 Å². The summed E-state index contributed by atoms with van der Waals surface area (Å²) >= 11 is 2.06. The molecular formula is C16H23NOS. The lowest BCUT2D eigenvalue weighted by Crippen LogP contribution is -2.26. The van der Waals surface area contributed by atoms with Crippen LogP contribution in [0.2, 0.25) is 0 Å². The maximum atomic E-state index is 6.18. The number of anilines is 1. The number of benzene rings is 1. The van der Waals surface area contributed by atoms with Gasteiger partial charge in [-0.2, -0.15) is 11.8 Å². The van der Waals surface area contributed by atoms with Gasteiger partial charge in [0.2, 0.25) is 0 Å². The number of nitrogens with one attached hydrogen (secondary N) is 1. The van der Waals surface area contributed by atoms with Gasteiger partial charge in [-0.15, -0.1) is 0 Å². The van der Waals surface area contributed by atoms with Crippen LogP contribution >= 0.6 is 11.8 Å². The molecule has 1 saturated heterocycles. The standard InChI is InChI=1S/C16H23NOS/c1-2-8-14(7-1)18-16-10-4-3-9-15(16)17-13-6-5-11-19-12-13/h3-4,9-10,13-14,17H,1-2,5-8,11-12H2/t13-/m0/s1. The maximum absolute atomic E-state index is 6.18. The van der Waals surface area contributed by atoms with E-state index >= 15 is 0 Å². The van der Waals surface area contributed by atoms with Crippen LogP contribution in [0, 0.1) is 0 Å². The Morgan fingerprint density at radius 1 is 1.05 bits per heavy atom. The summed E-state index contributed by atoms with van der Waals surface area (Å²) in [5, 5.41) is 3.68. The molecular weight excluding hydrogens is 254 g/mol. The molecule has 3 heteroatoms. The van der Waals surface area contributed by atoms with Gasteiger partial charge in [-0.25, -0.2) is 0 Å². The van der Waals surface area contributed by atoms with Crippen molar-refractivity contribution in [1.29, 1.82) is 0 Å². The molecule has 19 heavy (non-hydrogen) atoms. The van der Waals surface area contributed by atoms with Crippen molar-refractivity contribution in [2.75, 3.05) is 16.8 Å². The third kappa shape index (κ3) is 3.59. The lowest BCUT2D eigenvalue weighted by molar-refractivity contribution is 0.211. The summed E-state index contributed by atoms with van der Waals surface area (Å²) in [4.78, 5) is 0. The van der Waals surface area contributed by atoms with E-state index in [1.807, 2.05) is 0 Å². The summed E-state index contributed by atoms with van der Waals surface area (Å²) in [5.74, 6) is 3.58. The van der Waals surface area contributed by atoms with Crippen molar-refractivity contribution in [3.05, 3.63) is 24.3 Å². The van der Waals surface area contributed by atoms with Gasteiger partial charge in [0.25, 0.3) is 0 Å². The van der Waals surface area contributed by atoms with Crippen LogP contribution in [-0.2, 0) is 0 Å². The minimum absolute atomic E-state index is 0.434. The molecule has 1 N–H and O–H groups in total. The van der Waals surface area contributed by atoms with E-state index in [9.17, 15) is 0 Å². The molecule has 0 radical (unpaired) electrons. The molecule has 0 unspecified atom stereocenters. The minimum atomic E-state index is 0.434. The van der Waals surface area contributed by atoms with Crippen LogP contribution < -0.4 is 10.1 Å². The fourth-order valence-electron chi connectivity index (χ4n) is 2.95. The highest BCUT2D eigenvalue weighted by Crippen LogP contribution is 2.31. The third-order valence-corrected chi connectivity index (χ3v) is 5.22. The number of hydrogen-bond acceptors (Lipinski definition) is 3. The Labute approximate surface area is 120 Å². The molecule has 1 aliphatic heterocycles. The molecule has 104 valence electrons. The van der Waals surface area contributed by atoms with Gasteiger partial charge < -0.3 is 10.1 Å². The molecule has 1 aromatic carbocycles. The Hall–Kier alpha value is -0.830. The molecule has 0 amide bonds. The first kappa shape index (κ1) is 13.2. The Morgan fingerprint density at radius 2 is 1.89 bits per heavy atom. The zero-order valence-electron chi connectivity index (χ0n) is 11.4. The van der Waals surface area contributed by atoms with Crippen molar-refractivity contribution in [2.24, 2.45) is 0 Å². The van der Waals surface area contributed by atoms with E-state index < -0.39 is 0 Å². The molecule has 0 spiro atoms. The van der Waals surface area contributed by atoms with Crippen LogP contribution in [0.25, 0.3) is 0 Å². The van der Waals surface area contributed by atoms with Crippen molar-refractivity contribution in [3.8, 4) is 5.75 Å². The normalized spacial score (nSPS) is 24.3. The van der Waals surface area contributed by atoms with Gasteiger partial charge in [-0.3, -0.25) is 0 Å².